The van der Waals surface area contributed by atoms with Crippen molar-refractivity contribution in [3.63, 3.8) is 0 Å². The van der Waals surface area contributed by atoms with E-state index in [0.717, 1.165) is 31.5 Å². The lowest BCUT2D eigenvalue weighted by molar-refractivity contribution is 0.172. The average Bonchev–Trinajstić information content (AvgIpc) is 2.75. The Morgan fingerprint density at radius 1 is 1.47 bits per heavy atom. The Labute approximate surface area is 92.8 Å². The zero-order chi connectivity index (χ0) is 10.8. The molecule has 3 nitrogen and oxygen atoms in total. The van der Waals surface area contributed by atoms with E-state index in [-0.39, 0.29) is 6.10 Å². The molecule has 2 rings (SSSR count). The van der Waals surface area contributed by atoms with Crippen molar-refractivity contribution in [2.24, 2.45) is 5.92 Å². The molecule has 88 valence electrons. The number of likely N-dealkylation sites (tertiary alicyclic amines) is 1. The molecule has 0 aromatic rings. The van der Waals surface area contributed by atoms with Crippen LogP contribution in [0.2, 0.25) is 0 Å². The first-order valence-electron chi connectivity index (χ1n) is 6.32. The van der Waals surface area contributed by atoms with Crippen molar-refractivity contribution in [3.8, 4) is 0 Å². The number of nitrogens with zero attached hydrogens (tertiary/aromatic N) is 1. The highest BCUT2D eigenvalue weighted by atomic mass is 16.3. The minimum Gasteiger partial charge on any atom is -0.392 e. The molecule has 0 aliphatic carbocycles. The maximum Gasteiger partial charge on any atom is 0.0680 e. The van der Waals surface area contributed by atoms with E-state index in [1.165, 1.54) is 19.4 Å². The first kappa shape index (κ1) is 11.4. The number of hydrogen-bond donors (Lipinski definition) is 2. The fourth-order valence-electron chi connectivity index (χ4n) is 3.05. The summed E-state index contributed by atoms with van der Waals surface area (Å²) in [4.78, 5) is 2.61. The molecule has 0 radical (unpaired) electrons. The zero-order valence-electron chi connectivity index (χ0n) is 9.95. The van der Waals surface area contributed by atoms with Crippen LogP contribution in [0.3, 0.4) is 0 Å². The molecule has 15 heavy (non-hydrogen) atoms. The highest BCUT2D eigenvalue weighted by Crippen LogP contribution is 2.24. The Kier molecular flexibility index (Phi) is 3.65. The average molecular weight is 212 g/mol. The van der Waals surface area contributed by atoms with E-state index in [1.807, 2.05) is 0 Å². The third kappa shape index (κ3) is 2.71. The van der Waals surface area contributed by atoms with Crippen LogP contribution in [-0.4, -0.2) is 47.8 Å². The number of nitrogens with one attached hydrogen (secondary N) is 1. The minimum atomic E-state index is -0.116. The summed E-state index contributed by atoms with van der Waals surface area (Å²) in [5.74, 6) is 0.763. The van der Waals surface area contributed by atoms with E-state index in [1.54, 1.807) is 0 Å². The van der Waals surface area contributed by atoms with E-state index < -0.39 is 0 Å². The van der Waals surface area contributed by atoms with Crippen LogP contribution in [0.25, 0.3) is 0 Å². The number of rotatable bonds is 3. The van der Waals surface area contributed by atoms with Gasteiger partial charge < -0.3 is 10.4 Å². The molecule has 0 bridgehead atoms. The summed E-state index contributed by atoms with van der Waals surface area (Å²) in [6.45, 7) is 7.79. The van der Waals surface area contributed by atoms with Crippen molar-refractivity contribution in [1.29, 1.82) is 0 Å². The Hall–Kier alpha value is -0.120. The van der Waals surface area contributed by atoms with Gasteiger partial charge in [-0.15, -0.1) is 0 Å². The van der Waals surface area contributed by atoms with E-state index in [2.05, 4.69) is 24.1 Å². The van der Waals surface area contributed by atoms with Crippen molar-refractivity contribution in [2.75, 3.05) is 19.6 Å². The molecule has 2 heterocycles. The summed E-state index contributed by atoms with van der Waals surface area (Å²) in [6, 6.07) is 1.28. The summed E-state index contributed by atoms with van der Waals surface area (Å²) in [5.41, 5.74) is 0. The van der Waals surface area contributed by atoms with Crippen molar-refractivity contribution in [2.45, 2.75) is 51.3 Å². The molecule has 0 aromatic carbocycles. The van der Waals surface area contributed by atoms with E-state index >= 15 is 0 Å². The molecule has 3 atom stereocenters. The minimum absolute atomic E-state index is 0.116. The highest BCUT2D eigenvalue weighted by molar-refractivity contribution is 4.88. The second-order valence-corrected chi connectivity index (χ2v) is 5.44. The van der Waals surface area contributed by atoms with Crippen molar-refractivity contribution < 1.29 is 5.11 Å². The standard InChI is InChI=1S/C12H24N2O/c1-9(2)12-4-3-5-14(12)8-10-6-11(15)7-13-10/h9-13,15H,3-8H2,1-2H3. The molecule has 2 saturated heterocycles. The zero-order valence-corrected chi connectivity index (χ0v) is 9.95. The topological polar surface area (TPSA) is 35.5 Å². The number of hydrogen-bond acceptors (Lipinski definition) is 3. The summed E-state index contributed by atoms with van der Waals surface area (Å²) in [7, 11) is 0. The van der Waals surface area contributed by atoms with Gasteiger partial charge in [0.05, 0.1) is 6.10 Å². The maximum absolute atomic E-state index is 9.47. The molecule has 2 aliphatic rings. The molecule has 2 fully saturated rings. The van der Waals surface area contributed by atoms with Gasteiger partial charge in [0, 0.05) is 25.2 Å². The lowest BCUT2D eigenvalue weighted by Crippen LogP contribution is -2.42. The molecule has 2 aliphatic heterocycles. The summed E-state index contributed by atoms with van der Waals surface area (Å²) in [6.07, 6.45) is 3.52. The van der Waals surface area contributed by atoms with Crippen LogP contribution in [0.15, 0.2) is 0 Å². The Balaban J connectivity index is 1.83. The molecule has 0 saturated carbocycles. The Morgan fingerprint density at radius 3 is 2.87 bits per heavy atom. The van der Waals surface area contributed by atoms with Gasteiger partial charge in [0.2, 0.25) is 0 Å². The number of aliphatic hydroxyl groups is 1. The van der Waals surface area contributed by atoms with Gasteiger partial charge in [0.1, 0.15) is 0 Å². The molecule has 0 spiro atoms. The maximum atomic E-state index is 9.47. The Morgan fingerprint density at radius 2 is 2.27 bits per heavy atom. The van der Waals surface area contributed by atoms with Gasteiger partial charge in [-0.3, -0.25) is 4.90 Å². The second-order valence-electron chi connectivity index (χ2n) is 5.44. The molecule has 0 amide bonds. The third-order valence-electron chi connectivity index (χ3n) is 3.84. The van der Waals surface area contributed by atoms with Gasteiger partial charge >= 0.3 is 0 Å². The van der Waals surface area contributed by atoms with Crippen LogP contribution >= 0.6 is 0 Å². The van der Waals surface area contributed by atoms with Crippen LogP contribution < -0.4 is 5.32 Å². The largest absolute Gasteiger partial charge is 0.392 e. The van der Waals surface area contributed by atoms with Crippen molar-refractivity contribution >= 4 is 0 Å². The van der Waals surface area contributed by atoms with Gasteiger partial charge in [-0.25, -0.2) is 0 Å². The fourth-order valence-corrected chi connectivity index (χ4v) is 3.05. The predicted molar refractivity (Wildman–Crippen MR) is 61.8 cm³/mol. The molecule has 0 aromatic heterocycles. The smallest absolute Gasteiger partial charge is 0.0680 e. The molecular formula is C12H24N2O. The monoisotopic (exact) mass is 212 g/mol. The highest BCUT2D eigenvalue weighted by Gasteiger charge is 2.31. The summed E-state index contributed by atoms with van der Waals surface area (Å²) >= 11 is 0. The van der Waals surface area contributed by atoms with Gasteiger partial charge in [-0.2, -0.15) is 0 Å². The predicted octanol–water partition coefficient (Wildman–Crippen LogP) is 0.830. The fraction of sp³-hybridized carbons (Fsp3) is 1.00. The van der Waals surface area contributed by atoms with Crippen LogP contribution in [0, 0.1) is 5.92 Å². The van der Waals surface area contributed by atoms with Gasteiger partial charge in [-0.05, 0) is 31.7 Å². The van der Waals surface area contributed by atoms with Crippen LogP contribution in [-0.2, 0) is 0 Å². The second kappa shape index (κ2) is 4.81. The number of aliphatic hydroxyl groups excluding tert-OH is 1. The van der Waals surface area contributed by atoms with Crippen LogP contribution in [0.5, 0.6) is 0 Å². The normalized spacial score (nSPS) is 38.0. The first-order valence-corrected chi connectivity index (χ1v) is 6.32. The van der Waals surface area contributed by atoms with Crippen LogP contribution in [0.1, 0.15) is 33.1 Å². The number of β-amino-alcohol motifs (C(OH)–C–C–N with tert-alkyl or cyclic N) is 1. The van der Waals surface area contributed by atoms with Crippen molar-refractivity contribution in [3.05, 3.63) is 0 Å². The summed E-state index contributed by atoms with van der Waals surface area (Å²) < 4.78 is 0. The van der Waals surface area contributed by atoms with Gasteiger partial charge in [0.25, 0.3) is 0 Å². The van der Waals surface area contributed by atoms with Crippen LogP contribution in [0.4, 0.5) is 0 Å². The van der Waals surface area contributed by atoms with E-state index in [4.69, 9.17) is 0 Å². The SMILES string of the molecule is CC(C)C1CCCN1CC1CC(O)CN1. The molecule has 2 N–H and O–H groups in total. The molecule has 3 heteroatoms. The lowest BCUT2D eigenvalue weighted by atomic mass is 10.0. The van der Waals surface area contributed by atoms with Gasteiger partial charge in [-0.1, -0.05) is 13.8 Å². The molecular weight excluding hydrogens is 188 g/mol. The first-order chi connectivity index (χ1) is 7.16. The quantitative estimate of drug-likeness (QED) is 0.727. The van der Waals surface area contributed by atoms with E-state index in [9.17, 15) is 5.11 Å². The van der Waals surface area contributed by atoms with Crippen molar-refractivity contribution in [1.82, 2.24) is 10.2 Å². The Bertz CT molecular complexity index is 208. The molecule has 3 unspecified atom stereocenters. The lowest BCUT2D eigenvalue weighted by Gasteiger charge is -2.29. The third-order valence-corrected chi connectivity index (χ3v) is 3.84. The van der Waals surface area contributed by atoms with E-state index in [0.29, 0.717) is 6.04 Å². The van der Waals surface area contributed by atoms with Gasteiger partial charge in [0.15, 0.2) is 0 Å². The summed E-state index contributed by atoms with van der Waals surface area (Å²) in [5, 5.41) is 12.9.